The molecule has 1 heterocycles. The van der Waals surface area contributed by atoms with E-state index in [9.17, 15) is 13.2 Å². The third kappa shape index (κ3) is 4.28. The predicted molar refractivity (Wildman–Crippen MR) is 79.7 cm³/mol. The van der Waals surface area contributed by atoms with Gasteiger partial charge in [0.2, 0.25) is 0 Å². The zero-order valence-electron chi connectivity index (χ0n) is 12.2. The maximum absolute atomic E-state index is 12.2. The van der Waals surface area contributed by atoms with Gasteiger partial charge in [-0.1, -0.05) is 18.2 Å². The van der Waals surface area contributed by atoms with Crippen molar-refractivity contribution in [3.05, 3.63) is 30.3 Å². The molecule has 116 valence electrons. The molecule has 0 N–H and O–H groups in total. The molecule has 0 amide bonds. The fourth-order valence-electron chi connectivity index (χ4n) is 2.55. The average Bonchev–Trinajstić information content (AvgIpc) is 2.53. The second-order valence-electron chi connectivity index (χ2n) is 5.27. The molecule has 0 aliphatic carbocycles. The zero-order valence-corrected chi connectivity index (χ0v) is 13.0. The van der Waals surface area contributed by atoms with Gasteiger partial charge < -0.3 is 9.64 Å². The summed E-state index contributed by atoms with van der Waals surface area (Å²) in [5.74, 6) is -0.0940. The van der Waals surface area contributed by atoms with E-state index in [0.29, 0.717) is 11.4 Å². The summed E-state index contributed by atoms with van der Waals surface area (Å²) in [4.78, 5) is 13.9. The molecule has 5 nitrogen and oxygen atoms in total. The monoisotopic (exact) mass is 311 g/mol. The van der Waals surface area contributed by atoms with Gasteiger partial charge in [0, 0.05) is 6.54 Å². The lowest BCUT2D eigenvalue weighted by Gasteiger charge is -2.30. The minimum Gasteiger partial charge on any atom is -0.469 e. The molecule has 21 heavy (non-hydrogen) atoms. The van der Waals surface area contributed by atoms with Crippen LogP contribution in [0, 0.1) is 5.92 Å². The Bertz CT molecular complexity index is 563. The number of methoxy groups -OCH3 is 1. The van der Waals surface area contributed by atoms with Gasteiger partial charge in [0.05, 0.1) is 23.7 Å². The van der Waals surface area contributed by atoms with Crippen LogP contribution < -0.4 is 0 Å². The van der Waals surface area contributed by atoms with E-state index in [1.807, 2.05) is 0 Å². The molecule has 0 radical (unpaired) electrons. The summed E-state index contributed by atoms with van der Waals surface area (Å²) < 4.78 is 29.1. The van der Waals surface area contributed by atoms with Crippen LogP contribution in [-0.2, 0) is 19.4 Å². The third-order valence-corrected chi connectivity index (χ3v) is 5.61. The van der Waals surface area contributed by atoms with E-state index in [1.165, 1.54) is 7.11 Å². The summed E-state index contributed by atoms with van der Waals surface area (Å²) >= 11 is 0. The number of piperidine rings is 1. The fraction of sp³-hybridized carbons (Fsp3) is 0.533. The van der Waals surface area contributed by atoms with Gasteiger partial charge in [0.15, 0.2) is 9.84 Å². The molecule has 0 aromatic heterocycles. The molecule has 1 aliphatic heterocycles. The number of nitrogens with zero attached hydrogens (tertiary/aromatic N) is 1. The number of carbonyl (C=O) groups is 1. The fourth-order valence-corrected chi connectivity index (χ4v) is 3.86. The van der Waals surface area contributed by atoms with Crippen LogP contribution in [0.5, 0.6) is 0 Å². The summed E-state index contributed by atoms with van der Waals surface area (Å²) in [6.45, 7) is 1.99. The van der Waals surface area contributed by atoms with E-state index in [2.05, 4.69) is 4.90 Å². The molecule has 1 aromatic rings. The predicted octanol–water partition coefficient (Wildman–Crippen LogP) is 1.35. The maximum Gasteiger partial charge on any atom is 0.308 e. The summed E-state index contributed by atoms with van der Waals surface area (Å²) in [5, 5.41) is 0. The summed E-state index contributed by atoms with van der Waals surface area (Å²) in [6.07, 6.45) is 1.47. The van der Waals surface area contributed by atoms with Crippen LogP contribution >= 0.6 is 0 Å². The second-order valence-corrected chi connectivity index (χ2v) is 7.38. The van der Waals surface area contributed by atoms with Gasteiger partial charge in [-0.05, 0) is 38.1 Å². The quantitative estimate of drug-likeness (QED) is 0.768. The summed E-state index contributed by atoms with van der Waals surface area (Å²) in [7, 11) is -1.82. The van der Waals surface area contributed by atoms with E-state index in [-0.39, 0.29) is 17.6 Å². The first kappa shape index (κ1) is 16.0. The standard InChI is InChI=1S/C15H21NO4S/c1-20-15(17)13-7-9-16(10-8-13)11-12-21(18,19)14-5-3-2-4-6-14/h2-6,13H,7-12H2,1H3. The van der Waals surface area contributed by atoms with Crippen molar-refractivity contribution in [1.82, 2.24) is 4.90 Å². The van der Waals surface area contributed by atoms with Crippen molar-refractivity contribution in [2.75, 3.05) is 32.5 Å². The number of rotatable bonds is 5. The van der Waals surface area contributed by atoms with Crippen molar-refractivity contribution in [2.45, 2.75) is 17.7 Å². The van der Waals surface area contributed by atoms with E-state index >= 15 is 0 Å². The summed E-state index contributed by atoms with van der Waals surface area (Å²) in [6, 6.07) is 8.51. The number of benzene rings is 1. The van der Waals surface area contributed by atoms with E-state index in [1.54, 1.807) is 30.3 Å². The molecule has 0 bridgehead atoms. The maximum atomic E-state index is 12.2. The molecule has 1 saturated heterocycles. The number of esters is 1. The van der Waals surface area contributed by atoms with Crippen LogP contribution in [0.1, 0.15) is 12.8 Å². The largest absolute Gasteiger partial charge is 0.469 e. The molecule has 2 rings (SSSR count). The minimum atomic E-state index is -3.23. The molecule has 0 spiro atoms. The van der Waals surface area contributed by atoms with Crippen molar-refractivity contribution < 1.29 is 17.9 Å². The second kappa shape index (κ2) is 7.04. The molecular weight excluding hydrogens is 290 g/mol. The van der Waals surface area contributed by atoms with Gasteiger partial charge in [0.25, 0.3) is 0 Å². The Morgan fingerprint density at radius 2 is 1.86 bits per heavy atom. The zero-order chi connectivity index (χ0) is 15.3. The number of hydrogen-bond acceptors (Lipinski definition) is 5. The van der Waals surface area contributed by atoms with Crippen LogP contribution in [0.3, 0.4) is 0 Å². The van der Waals surface area contributed by atoms with Crippen LogP contribution in [0.25, 0.3) is 0 Å². The Balaban J connectivity index is 1.84. The SMILES string of the molecule is COC(=O)C1CCN(CCS(=O)(=O)c2ccccc2)CC1. The normalized spacial score (nSPS) is 17.6. The topological polar surface area (TPSA) is 63.7 Å². The van der Waals surface area contributed by atoms with Gasteiger partial charge in [-0.3, -0.25) is 4.79 Å². The lowest BCUT2D eigenvalue weighted by atomic mass is 9.97. The van der Waals surface area contributed by atoms with Crippen molar-refractivity contribution in [2.24, 2.45) is 5.92 Å². The van der Waals surface area contributed by atoms with Crippen molar-refractivity contribution >= 4 is 15.8 Å². The molecule has 1 aromatic carbocycles. The molecule has 6 heteroatoms. The Hall–Kier alpha value is -1.40. The van der Waals surface area contributed by atoms with E-state index in [0.717, 1.165) is 25.9 Å². The Kier molecular flexibility index (Phi) is 5.36. The number of carbonyl (C=O) groups excluding carboxylic acids is 1. The molecule has 1 aliphatic rings. The molecule has 0 unspecified atom stereocenters. The van der Waals surface area contributed by atoms with Crippen molar-refractivity contribution in [3.8, 4) is 0 Å². The number of likely N-dealkylation sites (tertiary alicyclic amines) is 1. The highest BCUT2D eigenvalue weighted by molar-refractivity contribution is 7.91. The first-order valence-corrected chi connectivity index (χ1v) is 8.76. The van der Waals surface area contributed by atoms with Gasteiger partial charge in [-0.25, -0.2) is 8.42 Å². The molecule has 0 saturated carbocycles. The number of sulfone groups is 1. The smallest absolute Gasteiger partial charge is 0.308 e. The molecule has 0 atom stereocenters. The van der Waals surface area contributed by atoms with Gasteiger partial charge in [-0.2, -0.15) is 0 Å². The van der Waals surface area contributed by atoms with Crippen LogP contribution in [-0.4, -0.2) is 51.8 Å². The Morgan fingerprint density at radius 1 is 1.24 bits per heavy atom. The van der Waals surface area contributed by atoms with Crippen LogP contribution in [0.15, 0.2) is 35.2 Å². The average molecular weight is 311 g/mol. The number of hydrogen-bond donors (Lipinski definition) is 0. The van der Waals surface area contributed by atoms with Crippen molar-refractivity contribution in [3.63, 3.8) is 0 Å². The lowest BCUT2D eigenvalue weighted by Crippen LogP contribution is -2.39. The van der Waals surface area contributed by atoms with E-state index in [4.69, 9.17) is 4.74 Å². The summed E-state index contributed by atoms with van der Waals surface area (Å²) in [5.41, 5.74) is 0. The highest BCUT2D eigenvalue weighted by Crippen LogP contribution is 2.19. The van der Waals surface area contributed by atoms with Gasteiger partial charge in [0.1, 0.15) is 0 Å². The van der Waals surface area contributed by atoms with E-state index < -0.39 is 9.84 Å². The first-order chi connectivity index (χ1) is 10.0. The minimum absolute atomic E-state index is 0.0445. The Labute approximate surface area is 125 Å². The van der Waals surface area contributed by atoms with Crippen LogP contribution in [0.2, 0.25) is 0 Å². The third-order valence-electron chi connectivity index (χ3n) is 3.90. The highest BCUT2D eigenvalue weighted by atomic mass is 32.2. The Morgan fingerprint density at radius 3 is 2.43 bits per heavy atom. The van der Waals surface area contributed by atoms with Gasteiger partial charge in [-0.15, -0.1) is 0 Å². The van der Waals surface area contributed by atoms with Gasteiger partial charge >= 0.3 is 5.97 Å². The van der Waals surface area contributed by atoms with Crippen molar-refractivity contribution in [1.29, 1.82) is 0 Å². The van der Waals surface area contributed by atoms with Crippen LogP contribution in [0.4, 0.5) is 0 Å². The first-order valence-electron chi connectivity index (χ1n) is 7.11. The molecule has 1 fully saturated rings. The number of ether oxygens (including phenoxy) is 1. The highest BCUT2D eigenvalue weighted by Gasteiger charge is 2.26. The molecular formula is C15H21NO4S. The lowest BCUT2D eigenvalue weighted by molar-refractivity contribution is -0.147.